The Balaban J connectivity index is 0.00000117. The minimum absolute atomic E-state index is 0.300. The number of piperidine rings is 1. The summed E-state index contributed by atoms with van der Waals surface area (Å²) in [5.41, 5.74) is 2.19. The standard InChI is InChI=1S/C20H26N2O2.C2H6/c1-15(2)16-8-11-22(12-9-16)13-17(23)14-24-20-7-3-6-19-18(20)5-4-10-21-19;1-2/h3-7,10,16-17,23H,1,8-9,11-14H2,2H3;1-2H3. The summed E-state index contributed by atoms with van der Waals surface area (Å²) in [6.45, 7) is 13.2. The van der Waals surface area contributed by atoms with Gasteiger partial charge in [-0.3, -0.25) is 4.98 Å². The Bertz CT molecular complexity index is 688. The van der Waals surface area contributed by atoms with Gasteiger partial charge in [0.05, 0.1) is 5.52 Å². The SMILES string of the molecule is C=C(C)C1CCN(CC(O)COc2cccc3ncccc23)CC1.CC. The molecule has 142 valence electrons. The van der Waals surface area contributed by atoms with Crippen LogP contribution in [0.2, 0.25) is 0 Å². The second kappa shape index (κ2) is 10.3. The summed E-state index contributed by atoms with van der Waals surface area (Å²) >= 11 is 0. The molecule has 4 heteroatoms. The Hall–Kier alpha value is -1.91. The maximum Gasteiger partial charge on any atom is 0.128 e. The monoisotopic (exact) mass is 356 g/mol. The first-order valence-electron chi connectivity index (χ1n) is 9.66. The third-order valence-electron chi connectivity index (χ3n) is 4.79. The summed E-state index contributed by atoms with van der Waals surface area (Å²) in [5, 5.41) is 11.3. The molecule has 1 aliphatic heterocycles. The summed E-state index contributed by atoms with van der Waals surface area (Å²) < 4.78 is 5.85. The van der Waals surface area contributed by atoms with Crippen molar-refractivity contribution in [1.82, 2.24) is 9.88 Å². The molecule has 3 rings (SSSR count). The van der Waals surface area contributed by atoms with E-state index in [4.69, 9.17) is 4.74 Å². The van der Waals surface area contributed by atoms with E-state index in [1.165, 1.54) is 5.57 Å². The fourth-order valence-electron chi connectivity index (χ4n) is 3.35. The minimum atomic E-state index is -0.488. The van der Waals surface area contributed by atoms with Crippen molar-refractivity contribution in [2.75, 3.05) is 26.2 Å². The number of benzene rings is 1. The molecule has 1 N–H and O–H groups in total. The molecule has 4 nitrogen and oxygen atoms in total. The van der Waals surface area contributed by atoms with Gasteiger partial charge in [-0.2, -0.15) is 0 Å². The van der Waals surface area contributed by atoms with Gasteiger partial charge in [-0.05, 0) is 63.0 Å². The van der Waals surface area contributed by atoms with E-state index in [1.54, 1.807) is 6.20 Å². The van der Waals surface area contributed by atoms with E-state index in [1.807, 2.05) is 44.2 Å². The van der Waals surface area contributed by atoms with E-state index in [2.05, 4.69) is 23.4 Å². The molecule has 2 aromatic rings. The van der Waals surface area contributed by atoms with Crippen molar-refractivity contribution in [3.05, 3.63) is 48.7 Å². The first-order valence-corrected chi connectivity index (χ1v) is 9.66. The molecule has 26 heavy (non-hydrogen) atoms. The zero-order valence-corrected chi connectivity index (χ0v) is 16.3. The van der Waals surface area contributed by atoms with Crippen LogP contribution >= 0.6 is 0 Å². The predicted molar refractivity (Wildman–Crippen MR) is 109 cm³/mol. The number of rotatable bonds is 6. The number of likely N-dealkylation sites (tertiary alicyclic amines) is 1. The summed E-state index contributed by atoms with van der Waals surface area (Å²) in [6, 6.07) is 9.71. The van der Waals surface area contributed by atoms with E-state index in [0.717, 1.165) is 42.6 Å². The number of allylic oxidation sites excluding steroid dienone is 1. The molecule has 0 bridgehead atoms. The van der Waals surface area contributed by atoms with Crippen LogP contribution in [-0.4, -0.2) is 47.3 Å². The van der Waals surface area contributed by atoms with Crippen LogP contribution in [0.1, 0.15) is 33.6 Å². The fourth-order valence-corrected chi connectivity index (χ4v) is 3.35. The molecule has 1 aromatic heterocycles. The van der Waals surface area contributed by atoms with Gasteiger partial charge in [0.25, 0.3) is 0 Å². The van der Waals surface area contributed by atoms with Crippen molar-refractivity contribution < 1.29 is 9.84 Å². The minimum Gasteiger partial charge on any atom is -0.490 e. The van der Waals surface area contributed by atoms with Gasteiger partial charge in [0.15, 0.2) is 0 Å². The smallest absolute Gasteiger partial charge is 0.128 e. The quantitative estimate of drug-likeness (QED) is 0.784. The second-order valence-corrected chi connectivity index (χ2v) is 6.71. The molecule has 1 fully saturated rings. The van der Waals surface area contributed by atoms with Gasteiger partial charge in [0.1, 0.15) is 18.5 Å². The zero-order chi connectivity index (χ0) is 18.9. The summed E-state index contributed by atoms with van der Waals surface area (Å²) in [4.78, 5) is 6.64. The number of aromatic nitrogens is 1. The molecule has 1 aliphatic rings. The highest BCUT2D eigenvalue weighted by atomic mass is 16.5. The fraction of sp³-hybridized carbons (Fsp3) is 0.500. The van der Waals surface area contributed by atoms with Crippen LogP contribution in [0.3, 0.4) is 0 Å². The van der Waals surface area contributed by atoms with Gasteiger partial charge >= 0.3 is 0 Å². The molecule has 0 spiro atoms. The Morgan fingerprint density at radius 2 is 2.00 bits per heavy atom. The maximum absolute atomic E-state index is 10.3. The molecule has 0 amide bonds. The molecular formula is C22H32N2O2. The Labute approximate surface area is 157 Å². The van der Waals surface area contributed by atoms with E-state index in [-0.39, 0.29) is 0 Å². The highest BCUT2D eigenvalue weighted by Gasteiger charge is 2.21. The number of β-amino-alcohol motifs (C(OH)–C–C–N with tert-alkyl or cyclic N) is 1. The average Bonchev–Trinajstić information content (AvgIpc) is 2.68. The van der Waals surface area contributed by atoms with E-state index in [0.29, 0.717) is 19.1 Å². The van der Waals surface area contributed by atoms with Crippen LogP contribution in [-0.2, 0) is 0 Å². The lowest BCUT2D eigenvalue weighted by atomic mass is 9.91. The zero-order valence-electron chi connectivity index (χ0n) is 16.3. The molecular weight excluding hydrogens is 324 g/mol. The number of aliphatic hydroxyl groups excluding tert-OH is 1. The maximum atomic E-state index is 10.3. The van der Waals surface area contributed by atoms with Gasteiger partial charge in [0, 0.05) is 18.1 Å². The highest BCUT2D eigenvalue weighted by molar-refractivity contribution is 5.84. The summed E-state index contributed by atoms with van der Waals surface area (Å²) in [7, 11) is 0. The Morgan fingerprint density at radius 3 is 2.69 bits per heavy atom. The number of hydrogen-bond acceptors (Lipinski definition) is 4. The molecule has 1 saturated heterocycles. The molecule has 1 unspecified atom stereocenters. The highest BCUT2D eigenvalue weighted by Crippen LogP contribution is 2.25. The molecule has 0 aliphatic carbocycles. The lowest BCUT2D eigenvalue weighted by molar-refractivity contribution is 0.0578. The Morgan fingerprint density at radius 1 is 1.27 bits per heavy atom. The van der Waals surface area contributed by atoms with Crippen molar-refractivity contribution >= 4 is 10.9 Å². The van der Waals surface area contributed by atoms with Crippen LogP contribution in [0.25, 0.3) is 10.9 Å². The van der Waals surface area contributed by atoms with Gasteiger partial charge in [-0.15, -0.1) is 0 Å². The van der Waals surface area contributed by atoms with E-state index in [9.17, 15) is 5.11 Å². The average molecular weight is 357 g/mol. The van der Waals surface area contributed by atoms with Crippen molar-refractivity contribution in [3.63, 3.8) is 0 Å². The molecule has 1 aromatic carbocycles. The van der Waals surface area contributed by atoms with E-state index < -0.39 is 6.10 Å². The van der Waals surface area contributed by atoms with Gasteiger partial charge in [0.2, 0.25) is 0 Å². The molecule has 2 heterocycles. The van der Waals surface area contributed by atoms with Crippen molar-refractivity contribution in [1.29, 1.82) is 0 Å². The van der Waals surface area contributed by atoms with Crippen molar-refractivity contribution in [3.8, 4) is 5.75 Å². The van der Waals surface area contributed by atoms with Crippen LogP contribution in [0, 0.1) is 5.92 Å². The normalized spacial score (nSPS) is 16.6. The first kappa shape index (κ1) is 20.4. The molecule has 0 saturated carbocycles. The number of fused-ring (bicyclic) bond motifs is 1. The topological polar surface area (TPSA) is 45.6 Å². The number of aliphatic hydroxyl groups is 1. The van der Waals surface area contributed by atoms with E-state index >= 15 is 0 Å². The molecule has 0 radical (unpaired) electrons. The lowest BCUT2D eigenvalue weighted by Gasteiger charge is -2.33. The van der Waals surface area contributed by atoms with Crippen molar-refractivity contribution in [2.45, 2.75) is 39.7 Å². The third kappa shape index (κ3) is 5.55. The Kier molecular flexibility index (Phi) is 8.07. The second-order valence-electron chi connectivity index (χ2n) is 6.71. The number of hydrogen-bond donors (Lipinski definition) is 1. The van der Waals surface area contributed by atoms with Gasteiger partial charge in [-0.25, -0.2) is 0 Å². The third-order valence-corrected chi connectivity index (χ3v) is 4.79. The van der Waals surface area contributed by atoms with Crippen LogP contribution in [0.15, 0.2) is 48.7 Å². The van der Waals surface area contributed by atoms with Crippen LogP contribution in [0.4, 0.5) is 0 Å². The van der Waals surface area contributed by atoms with Crippen LogP contribution < -0.4 is 4.74 Å². The summed E-state index contributed by atoms with van der Waals surface area (Å²) in [6.07, 6.45) is 3.56. The summed E-state index contributed by atoms with van der Waals surface area (Å²) in [5.74, 6) is 1.42. The first-order chi connectivity index (χ1) is 12.6. The lowest BCUT2D eigenvalue weighted by Crippen LogP contribution is -2.40. The van der Waals surface area contributed by atoms with Crippen molar-refractivity contribution in [2.24, 2.45) is 5.92 Å². The molecule has 1 atom stereocenters. The number of nitrogens with zero attached hydrogens (tertiary/aromatic N) is 2. The van der Waals surface area contributed by atoms with Gasteiger partial charge in [-0.1, -0.05) is 32.1 Å². The number of pyridine rings is 1. The predicted octanol–water partition coefficient (Wildman–Crippen LogP) is 4.29. The van der Waals surface area contributed by atoms with Crippen LogP contribution in [0.5, 0.6) is 5.75 Å². The largest absolute Gasteiger partial charge is 0.490 e. The van der Waals surface area contributed by atoms with Gasteiger partial charge < -0.3 is 14.7 Å². The number of ether oxygens (including phenoxy) is 1.